The van der Waals surface area contributed by atoms with E-state index in [0.29, 0.717) is 6.04 Å². The van der Waals surface area contributed by atoms with Gasteiger partial charge in [0.1, 0.15) is 0 Å². The van der Waals surface area contributed by atoms with E-state index in [0.717, 1.165) is 5.33 Å². The third-order valence-electron chi connectivity index (χ3n) is 3.50. The lowest BCUT2D eigenvalue weighted by atomic mass is 10.1. The van der Waals surface area contributed by atoms with Crippen molar-refractivity contribution in [2.45, 2.75) is 44.0 Å². The van der Waals surface area contributed by atoms with E-state index in [1.54, 1.807) is 0 Å². The highest BCUT2D eigenvalue weighted by molar-refractivity contribution is 9.08. The third-order valence-corrected chi connectivity index (χ3v) is 4.10. The van der Waals surface area contributed by atoms with Crippen molar-refractivity contribution >= 4 is 21.6 Å². The Kier molecular flexibility index (Phi) is 4.28. The second-order valence-electron chi connectivity index (χ2n) is 4.65. The average Bonchev–Trinajstić information content (AvgIpc) is 2.54. The van der Waals surface area contributed by atoms with E-state index in [4.69, 9.17) is 0 Å². The van der Waals surface area contributed by atoms with Crippen molar-refractivity contribution in [3.8, 4) is 0 Å². The Morgan fingerprint density at radius 2 is 2.06 bits per heavy atom. The SMILES string of the molecule is CC1CCCCCN1c1ccccc1CBr. The first-order valence-corrected chi connectivity index (χ1v) is 7.35. The number of rotatable bonds is 2. The molecule has 1 atom stereocenters. The monoisotopic (exact) mass is 281 g/mol. The van der Waals surface area contributed by atoms with Crippen molar-refractivity contribution in [2.24, 2.45) is 0 Å². The van der Waals surface area contributed by atoms with Gasteiger partial charge in [0.05, 0.1) is 0 Å². The van der Waals surface area contributed by atoms with E-state index in [9.17, 15) is 0 Å². The minimum Gasteiger partial charge on any atom is -0.369 e. The molecule has 1 unspecified atom stereocenters. The van der Waals surface area contributed by atoms with Crippen LogP contribution in [0.5, 0.6) is 0 Å². The zero-order chi connectivity index (χ0) is 11.4. The number of benzene rings is 1. The van der Waals surface area contributed by atoms with Gasteiger partial charge in [-0.2, -0.15) is 0 Å². The van der Waals surface area contributed by atoms with E-state index < -0.39 is 0 Å². The summed E-state index contributed by atoms with van der Waals surface area (Å²) in [5.41, 5.74) is 2.84. The summed E-state index contributed by atoms with van der Waals surface area (Å²) in [7, 11) is 0. The molecule has 0 saturated carbocycles. The Morgan fingerprint density at radius 3 is 2.88 bits per heavy atom. The van der Waals surface area contributed by atoms with Crippen molar-refractivity contribution < 1.29 is 0 Å². The Morgan fingerprint density at radius 1 is 1.25 bits per heavy atom. The maximum absolute atomic E-state index is 3.59. The molecule has 0 spiro atoms. The summed E-state index contributed by atoms with van der Waals surface area (Å²) in [6.45, 7) is 3.57. The van der Waals surface area contributed by atoms with Crippen LogP contribution < -0.4 is 4.90 Å². The predicted octanol–water partition coefficient (Wildman–Crippen LogP) is 4.35. The van der Waals surface area contributed by atoms with Gasteiger partial charge in [0.2, 0.25) is 0 Å². The van der Waals surface area contributed by atoms with Crippen LogP contribution in [-0.4, -0.2) is 12.6 Å². The van der Waals surface area contributed by atoms with Crippen LogP contribution in [-0.2, 0) is 5.33 Å². The third kappa shape index (κ3) is 2.60. The van der Waals surface area contributed by atoms with Crippen LogP contribution in [0.25, 0.3) is 0 Å². The Bertz CT molecular complexity index is 337. The maximum atomic E-state index is 3.59. The average molecular weight is 282 g/mol. The topological polar surface area (TPSA) is 3.24 Å². The lowest BCUT2D eigenvalue weighted by molar-refractivity contribution is 0.615. The zero-order valence-corrected chi connectivity index (χ0v) is 11.5. The summed E-state index contributed by atoms with van der Waals surface area (Å²) in [5, 5.41) is 0.951. The largest absolute Gasteiger partial charge is 0.369 e. The summed E-state index contributed by atoms with van der Waals surface area (Å²) >= 11 is 3.59. The number of nitrogens with zero attached hydrogens (tertiary/aromatic N) is 1. The molecule has 0 aliphatic carbocycles. The van der Waals surface area contributed by atoms with Crippen LogP contribution in [0.1, 0.15) is 38.2 Å². The Labute approximate surface area is 107 Å². The van der Waals surface area contributed by atoms with Gasteiger partial charge >= 0.3 is 0 Å². The molecule has 0 radical (unpaired) electrons. The van der Waals surface area contributed by atoms with Crippen LogP contribution in [0.15, 0.2) is 24.3 Å². The molecule has 1 nitrogen and oxygen atoms in total. The number of anilines is 1. The van der Waals surface area contributed by atoms with Gasteiger partial charge in [-0.25, -0.2) is 0 Å². The van der Waals surface area contributed by atoms with Crippen LogP contribution in [0.4, 0.5) is 5.69 Å². The van der Waals surface area contributed by atoms with Crippen molar-refractivity contribution in [1.29, 1.82) is 0 Å². The Balaban J connectivity index is 2.26. The molecule has 1 aliphatic rings. The van der Waals surface area contributed by atoms with E-state index in [1.807, 2.05) is 0 Å². The lowest BCUT2D eigenvalue weighted by Gasteiger charge is -2.31. The molecule has 0 aromatic heterocycles. The molecule has 0 N–H and O–H groups in total. The predicted molar refractivity (Wildman–Crippen MR) is 74.3 cm³/mol. The molecule has 0 bridgehead atoms. The number of hydrogen-bond acceptors (Lipinski definition) is 1. The minimum atomic E-state index is 0.683. The first-order valence-electron chi connectivity index (χ1n) is 6.23. The van der Waals surface area contributed by atoms with Crippen molar-refractivity contribution in [3.63, 3.8) is 0 Å². The highest BCUT2D eigenvalue weighted by Gasteiger charge is 2.18. The van der Waals surface area contributed by atoms with Crippen molar-refractivity contribution in [1.82, 2.24) is 0 Å². The van der Waals surface area contributed by atoms with Crippen LogP contribution >= 0.6 is 15.9 Å². The van der Waals surface area contributed by atoms with Crippen LogP contribution in [0.2, 0.25) is 0 Å². The van der Waals surface area contributed by atoms with E-state index in [2.05, 4.69) is 52.0 Å². The van der Waals surface area contributed by atoms with E-state index in [-0.39, 0.29) is 0 Å². The molecule has 88 valence electrons. The number of halogens is 1. The summed E-state index contributed by atoms with van der Waals surface area (Å²) in [4.78, 5) is 2.59. The number of alkyl halides is 1. The maximum Gasteiger partial charge on any atom is 0.0409 e. The lowest BCUT2D eigenvalue weighted by Crippen LogP contribution is -2.33. The van der Waals surface area contributed by atoms with E-state index in [1.165, 1.54) is 43.5 Å². The molecule has 1 fully saturated rings. The second kappa shape index (κ2) is 5.72. The molecule has 1 heterocycles. The summed E-state index contributed by atoms with van der Waals surface area (Å²) in [6, 6.07) is 9.45. The fraction of sp³-hybridized carbons (Fsp3) is 0.571. The summed E-state index contributed by atoms with van der Waals surface area (Å²) in [6.07, 6.45) is 5.43. The van der Waals surface area contributed by atoms with Crippen molar-refractivity contribution in [2.75, 3.05) is 11.4 Å². The summed E-state index contributed by atoms with van der Waals surface area (Å²) in [5.74, 6) is 0. The molecule has 1 saturated heterocycles. The van der Waals surface area contributed by atoms with Gasteiger partial charge in [-0.05, 0) is 31.4 Å². The molecule has 0 amide bonds. The molecule has 16 heavy (non-hydrogen) atoms. The molecular formula is C14H20BrN. The Hall–Kier alpha value is -0.500. The van der Waals surface area contributed by atoms with Gasteiger partial charge < -0.3 is 4.90 Å². The summed E-state index contributed by atoms with van der Waals surface area (Å²) < 4.78 is 0. The first-order chi connectivity index (χ1) is 7.83. The quantitative estimate of drug-likeness (QED) is 0.729. The number of hydrogen-bond donors (Lipinski definition) is 0. The van der Waals surface area contributed by atoms with Gasteiger partial charge in [-0.3, -0.25) is 0 Å². The van der Waals surface area contributed by atoms with Gasteiger partial charge in [0, 0.05) is 23.6 Å². The van der Waals surface area contributed by atoms with Gasteiger partial charge in [-0.15, -0.1) is 0 Å². The highest BCUT2D eigenvalue weighted by Crippen LogP contribution is 2.28. The van der Waals surface area contributed by atoms with Crippen LogP contribution in [0.3, 0.4) is 0 Å². The first kappa shape index (κ1) is 12.0. The number of para-hydroxylation sites is 1. The molecule has 1 aromatic carbocycles. The molecular weight excluding hydrogens is 262 g/mol. The zero-order valence-electron chi connectivity index (χ0n) is 9.95. The van der Waals surface area contributed by atoms with Crippen LogP contribution in [0, 0.1) is 0 Å². The van der Waals surface area contributed by atoms with Gasteiger partial charge in [0.15, 0.2) is 0 Å². The van der Waals surface area contributed by atoms with Gasteiger partial charge in [0.25, 0.3) is 0 Å². The van der Waals surface area contributed by atoms with Crippen molar-refractivity contribution in [3.05, 3.63) is 29.8 Å². The molecule has 2 rings (SSSR count). The smallest absolute Gasteiger partial charge is 0.0409 e. The second-order valence-corrected chi connectivity index (χ2v) is 5.21. The molecule has 1 aromatic rings. The van der Waals surface area contributed by atoms with Gasteiger partial charge in [-0.1, -0.05) is 47.0 Å². The normalized spacial score (nSPS) is 21.9. The minimum absolute atomic E-state index is 0.683. The fourth-order valence-corrected chi connectivity index (χ4v) is 3.01. The highest BCUT2D eigenvalue weighted by atomic mass is 79.9. The molecule has 2 heteroatoms. The van der Waals surface area contributed by atoms with E-state index >= 15 is 0 Å². The standard InChI is InChI=1S/C14H20BrN/c1-12-7-3-2-6-10-16(12)14-9-5-4-8-13(14)11-15/h4-5,8-9,12H,2-3,6-7,10-11H2,1H3. The molecule has 1 aliphatic heterocycles. The fourth-order valence-electron chi connectivity index (χ4n) is 2.54.